The third-order valence-corrected chi connectivity index (χ3v) is 4.57. The minimum absolute atomic E-state index is 0.101. The van der Waals surface area contributed by atoms with Gasteiger partial charge in [-0.05, 0) is 25.0 Å². The van der Waals surface area contributed by atoms with Crippen LogP contribution in [0, 0.1) is 0 Å². The molecule has 0 radical (unpaired) electrons. The number of amides is 4. The molecular weight excluding hydrogens is 294 g/mol. The van der Waals surface area contributed by atoms with Crippen LogP contribution in [0.4, 0.5) is 10.5 Å². The zero-order valence-electron chi connectivity index (χ0n) is 13.0. The smallest absolute Gasteiger partial charge is 0.325 e. The topological polar surface area (TPSA) is 78.5 Å². The van der Waals surface area contributed by atoms with Crippen LogP contribution in [-0.2, 0) is 9.59 Å². The van der Waals surface area contributed by atoms with Crippen molar-refractivity contribution in [3.8, 4) is 0 Å². The summed E-state index contributed by atoms with van der Waals surface area (Å²) in [5, 5.41) is 5.61. The molecule has 6 nitrogen and oxygen atoms in total. The monoisotopic (exact) mass is 315 g/mol. The van der Waals surface area contributed by atoms with E-state index < -0.39 is 5.54 Å². The molecule has 2 aliphatic rings. The van der Waals surface area contributed by atoms with Crippen molar-refractivity contribution in [3.63, 3.8) is 0 Å². The van der Waals surface area contributed by atoms with Crippen molar-refractivity contribution >= 4 is 23.5 Å². The van der Waals surface area contributed by atoms with Gasteiger partial charge >= 0.3 is 6.03 Å². The second kappa shape index (κ2) is 6.40. The lowest BCUT2D eigenvalue weighted by atomic mass is 9.82. The van der Waals surface area contributed by atoms with E-state index in [-0.39, 0.29) is 30.8 Å². The van der Waals surface area contributed by atoms with Crippen LogP contribution in [0.25, 0.3) is 0 Å². The van der Waals surface area contributed by atoms with Crippen molar-refractivity contribution in [2.24, 2.45) is 0 Å². The zero-order chi connectivity index (χ0) is 16.3. The Balaban J connectivity index is 1.56. The number of nitrogens with one attached hydrogen (secondary N) is 2. The Kier molecular flexibility index (Phi) is 4.32. The molecule has 0 bridgehead atoms. The minimum atomic E-state index is -0.717. The van der Waals surface area contributed by atoms with E-state index in [0.717, 1.165) is 19.3 Å². The van der Waals surface area contributed by atoms with Crippen molar-refractivity contribution in [1.82, 2.24) is 10.2 Å². The van der Waals surface area contributed by atoms with Crippen molar-refractivity contribution in [2.75, 3.05) is 11.9 Å². The number of urea groups is 1. The van der Waals surface area contributed by atoms with Gasteiger partial charge in [-0.25, -0.2) is 4.79 Å². The lowest BCUT2D eigenvalue weighted by Gasteiger charge is -2.30. The highest BCUT2D eigenvalue weighted by Crippen LogP contribution is 2.33. The predicted molar refractivity (Wildman–Crippen MR) is 85.7 cm³/mol. The number of carbonyl (C=O) groups is 3. The lowest BCUT2D eigenvalue weighted by molar-refractivity contribution is -0.132. The van der Waals surface area contributed by atoms with E-state index in [1.165, 1.54) is 4.90 Å². The molecule has 1 aromatic rings. The number of benzene rings is 1. The fourth-order valence-electron chi connectivity index (χ4n) is 3.33. The number of rotatable bonds is 4. The maximum Gasteiger partial charge on any atom is 0.325 e. The molecule has 1 heterocycles. The van der Waals surface area contributed by atoms with Crippen molar-refractivity contribution in [2.45, 2.75) is 44.1 Å². The van der Waals surface area contributed by atoms with Crippen LogP contribution < -0.4 is 10.6 Å². The van der Waals surface area contributed by atoms with Crippen LogP contribution in [-0.4, -0.2) is 34.8 Å². The van der Waals surface area contributed by atoms with Gasteiger partial charge in [0, 0.05) is 18.7 Å². The van der Waals surface area contributed by atoms with Gasteiger partial charge in [-0.1, -0.05) is 37.5 Å². The molecule has 0 aromatic heterocycles. The Bertz CT molecular complexity index is 609. The van der Waals surface area contributed by atoms with Crippen molar-refractivity contribution in [3.05, 3.63) is 30.3 Å². The van der Waals surface area contributed by atoms with Crippen LogP contribution in [0.3, 0.4) is 0 Å². The first-order chi connectivity index (χ1) is 11.1. The van der Waals surface area contributed by atoms with E-state index in [4.69, 9.17) is 0 Å². The normalized spacial score (nSPS) is 19.7. The van der Waals surface area contributed by atoms with Crippen LogP contribution in [0.5, 0.6) is 0 Å². The van der Waals surface area contributed by atoms with Gasteiger partial charge in [0.15, 0.2) is 0 Å². The maximum absolute atomic E-state index is 12.6. The number of hydrogen-bond acceptors (Lipinski definition) is 3. The van der Waals surface area contributed by atoms with E-state index in [1.807, 2.05) is 18.2 Å². The SMILES string of the molecule is O=C(CCN1C(=O)NC2(CCCCC2)C1=O)Nc1ccccc1. The molecule has 1 spiro atoms. The fourth-order valence-corrected chi connectivity index (χ4v) is 3.33. The second-order valence-electron chi connectivity index (χ2n) is 6.19. The lowest BCUT2D eigenvalue weighted by Crippen LogP contribution is -2.48. The zero-order valence-corrected chi connectivity index (χ0v) is 13.0. The van der Waals surface area contributed by atoms with Crippen molar-refractivity contribution < 1.29 is 14.4 Å². The fraction of sp³-hybridized carbons (Fsp3) is 0.471. The molecule has 122 valence electrons. The summed E-state index contributed by atoms with van der Waals surface area (Å²) in [5.74, 6) is -0.379. The molecular formula is C17H21N3O3. The van der Waals surface area contributed by atoms with E-state index in [1.54, 1.807) is 12.1 Å². The van der Waals surface area contributed by atoms with Gasteiger partial charge < -0.3 is 10.6 Å². The Morgan fingerprint density at radius 1 is 1.13 bits per heavy atom. The first-order valence-electron chi connectivity index (χ1n) is 8.10. The largest absolute Gasteiger partial charge is 0.326 e. The van der Waals surface area contributed by atoms with Crippen LogP contribution in [0.2, 0.25) is 0 Å². The van der Waals surface area contributed by atoms with Crippen molar-refractivity contribution in [1.29, 1.82) is 0 Å². The number of para-hydroxylation sites is 1. The first-order valence-corrected chi connectivity index (χ1v) is 8.10. The molecule has 1 aromatic carbocycles. The highest BCUT2D eigenvalue weighted by molar-refractivity contribution is 6.07. The maximum atomic E-state index is 12.6. The molecule has 2 fully saturated rings. The molecule has 3 rings (SSSR count). The summed E-state index contributed by atoms with van der Waals surface area (Å²) in [5.41, 5.74) is -0.0101. The summed E-state index contributed by atoms with van der Waals surface area (Å²) < 4.78 is 0. The molecule has 4 amide bonds. The van der Waals surface area contributed by atoms with E-state index in [2.05, 4.69) is 10.6 Å². The van der Waals surface area contributed by atoms with Crippen LogP contribution in [0.15, 0.2) is 30.3 Å². The predicted octanol–water partition coefficient (Wildman–Crippen LogP) is 2.27. The van der Waals surface area contributed by atoms with Gasteiger partial charge in [-0.15, -0.1) is 0 Å². The Labute approximate surface area is 135 Å². The quantitative estimate of drug-likeness (QED) is 0.837. The summed E-state index contributed by atoms with van der Waals surface area (Å²) in [7, 11) is 0. The van der Waals surface area contributed by atoms with Gasteiger partial charge in [0.1, 0.15) is 5.54 Å². The summed E-state index contributed by atoms with van der Waals surface area (Å²) in [6, 6.07) is 8.75. The summed E-state index contributed by atoms with van der Waals surface area (Å²) in [6.07, 6.45) is 4.51. The number of anilines is 1. The highest BCUT2D eigenvalue weighted by atomic mass is 16.2. The minimum Gasteiger partial charge on any atom is -0.326 e. The number of carbonyl (C=O) groups excluding carboxylic acids is 3. The van der Waals surface area contributed by atoms with E-state index >= 15 is 0 Å². The molecule has 1 aliphatic carbocycles. The third kappa shape index (κ3) is 3.21. The van der Waals surface area contributed by atoms with E-state index in [0.29, 0.717) is 18.5 Å². The Hall–Kier alpha value is -2.37. The molecule has 2 N–H and O–H groups in total. The Morgan fingerprint density at radius 2 is 1.83 bits per heavy atom. The average Bonchev–Trinajstić information content (AvgIpc) is 2.77. The number of imide groups is 1. The third-order valence-electron chi connectivity index (χ3n) is 4.57. The van der Waals surface area contributed by atoms with Crippen LogP contribution >= 0.6 is 0 Å². The Morgan fingerprint density at radius 3 is 2.52 bits per heavy atom. The summed E-state index contributed by atoms with van der Waals surface area (Å²) in [4.78, 5) is 37.8. The van der Waals surface area contributed by atoms with E-state index in [9.17, 15) is 14.4 Å². The van der Waals surface area contributed by atoms with Crippen LogP contribution in [0.1, 0.15) is 38.5 Å². The molecule has 1 saturated heterocycles. The molecule has 23 heavy (non-hydrogen) atoms. The first kappa shape index (κ1) is 15.5. The highest BCUT2D eigenvalue weighted by Gasteiger charge is 2.50. The number of nitrogens with zero attached hydrogens (tertiary/aromatic N) is 1. The van der Waals surface area contributed by atoms with Gasteiger partial charge in [-0.3, -0.25) is 14.5 Å². The van der Waals surface area contributed by atoms with Gasteiger partial charge in [0.25, 0.3) is 5.91 Å². The molecule has 1 saturated carbocycles. The summed E-state index contributed by atoms with van der Waals surface area (Å²) in [6.45, 7) is 0.116. The summed E-state index contributed by atoms with van der Waals surface area (Å²) >= 11 is 0. The van der Waals surface area contributed by atoms with Gasteiger partial charge in [0.05, 0.1) is 0 Å². The van der Waals surface area contributed by atoms with Gasteiger partial charge in [-0.2, -0.15) is 0 Å². The molecule has 1 aliphatic heterocycles. The molecule has 0 unspecified atom stereocenters. The average molecular weight is 315 g/mol. The van der Waals surface area contributed by atoms with Gasteiger partial charge in [0.2, 0.25) is 5.91 Å². The second-order valence-corrected chi connectivity index (χ2v) is 6.19. The molecule has 6 heteroatoms. The number of hydrogen-bond donors (Lipinski definition) is 2. The molecule has 0 atom stereocenters. The standard InChI is InChI=1S/C17H21N3O3/c21-14(18-13-7-3-1-4-8-13)9-12-20-15(22)17(19-16(20)23)10-5-2-6-11-17/h1,3-4,7-8H,2,5-6,9-12H2,(H,18,21)(H,19,23).